The second kappa shape index (κ2) is 20.5. The van der Waals surface area contributed by atoms with Gasteiger partial charge >= 0.3 is 23.2 Å². The molecule has 38 heavy (non-hydrogen) atoms. The van der Waals surface area contributed by atoms with Gasteiger partial charge in [-0.05, 0) is 38.5 Å². The fourth-order valence-corrected chi connectivity index (χ4v) is 3.99. The van der Waals surface area contributed by atoms with Gasteiger partial charge in [-0.1, -0.05) is 38.5 Å². The van der Waals surface area contributed by atoms with E-state index in [4.69, 9.17) is 0 Å². The normalized spacial score (nSPS) is 10.4. The molecule has 0 spiro atoms. The summed E-state index contributed by atoms with van der Waals surface area (Å²) in [5.41, 5.74) is -1.79. The van der Waals surface area contributed by atoms with Crippen LogP contribution in [0.4, 0.5) is 4.79 Å². The lowest BCUT2D eigenvalue weighted by Crippen LogP contribution is -2.54. The molecule has 0 aromatic carbocycles. The van der Waals surface area contributed by atoms with E-state index >= 15 is 0 Å². The smallest absolute Gasteiger partial charge is 0.406 e. The minimum absolute atomic E-state index is 0.204. The molecule has 13 nitrogen and oxygen atoms in total. The van der Waals surface area contributed by atoms with Gasteiger partial charge in [0.25, 0.3) is 0 Å². The molecule has 0 unspecified atom stereocenters. The molecule has 1 rings (SSSR count). The Morgan fingerprint density at radius 1 is 0.658 bits per heavy atom. The van der Waals surface area contributed by atoms with Gasteiger partial charge in [0.15, 0.2) is 0 Å². The fraction of sp³-hybridized carbons (Fsp3) is 0.760. The first kappa shape index (κ1) is 32.5. The number of isocyanates is 2. The van der Waals surface area contributed by atoms with E-state index in [9.17, 15) is 28.8 Å². The minimum Gasteiger partial charge on any atom is -0.453 e. The van der Waals surface area contributed by atoms with Gasteiger partial charge in [0.1, 0.15) is 0 Å². The average Bonchev–Trinajstić information content (AvgIpc) is 2.91. The Bertz CT molecular complexity index is 1040. The van der Waals surface area contributed by atoms with Crippen molar-refractivity contribution in [3.63, 3.8) is 0 Å². The van der Waals surface area contributed by atoms with Gasteiger partial charge in [-0.25, -0.2) is 52.5 Å². The van der Waals surface area contributed by atoms with Crippen LogP contribution in [0.1, 0.15) is 77.0 Å². The van der Waals surface area contributed by atoms with Crippen molar-refractivity contribution in [3.05, 3.63) is 31.5 Å². The number of methoxy groups -OCH3 is 1. The first-order valence-electron chi connectivity index (χ1n) is 13.3. The van der Waals surface area contributed by atoms with Crippen molar-refractivity contribution < 1.29 is 19.1 Å². The van der Waals surface area contributed by atoms with Crippen LogP contribution in [-0.4, -0.2) is 58.7 Å². The topological polar surface area (TPSA) is 163 Å². The Kier molecular flexibility index (Phi) is 17.5. The van der Waals surface area contributed by atoms with Gasteiger partial charge in [-0.15, -0.1) is 0 Å². The predicted molar refractivity (Wildman–Crippen MR) is 141 cm³/mol. The number of ether oxygens (including phenoxy) is 1. The van der Waals surface area contributed by atoms with Gasteiger partial charge in [-0.2, -0.15) is 0 Å². The molecule has 1 amide bonds. The van der Waals surface area contributed by atoms with E-state index in [1.165, 1.54) is 19.3 Å². The highest BCUT2D eigenvalue weighted by Crippen LogP contribution is 2.03. The van der Waals surface area contributed by atoms with Crippen LogP contribution in [0.5, 0.6) is 0 Å². The second-order valence-electron chi connectivity index (χ2n) is 8.91. The fourth-order valence-electron chi connectivity index (χ4n) is 3.99. The van der Waals surface area contributed by atoms with E-state index < -0.39 is 23.2 Å². The molecule has 0 saturated heterocycles. The van der Waals surface area contributed by atoms with Gasteiger partial charge < -0.3 is 10.1 Å². The van der Waals surface area contributed by atoms with Crippen molar-refractivity contribution in [1.82, 2.24) is 19.0 Å². The summed E-state index contributed by atoms with van der Waals surface area (Å²) < 4.78 is 7.95. The summed E-state index contributed by atoms with van der Waals surface area (Å²) in [5.74, 6) is 0. The summed E-state index contributed by atoms with van der Waals surface area (Å²) in [4.78, 5) is 77.6. The summed E-state index contributed by atoms with van der Waals surface area (Å²) in [6.45, 7) is 1.90. The third-order valence-electron chi connectivity index (χ3n) is 6.08. The van der Waals surface area contributed by atoms with Crippen molar-refractivity contribution in [2.75, 3.05) is 26.7 Å². The lowest BCUT2D eigenvalue weighted by atomic mass is 10.2. The molecule has 1 N–H and O–H groups in total. The van der Waals surface area contributed by atoms with E-state index in [0.29, 0.717) is 38.9 Å². The van der Waals surface area contributed by atoms with Crippen LogP contribution >= 0.6 is 0 Å². The molecule has 212 valence electrons. The minimum atomic E-state index is -0.596. The summed E-state index contributed by atoms with van der Waals surface area (Å²) in [6.07, 6.45) is 11.1. The number of nitrogens with zero attached hydrogens (tertiary/aromatic N) is 5. The first-order valence-corrected chi connectivity index (χ1v) is 13.3. The van der Waals surface area contributed by atoms with E-state index in [2.05, 4.69) is 20.0 Å². The van der Waals surface area contributed by atoms with E-state index in [1.54, 1.807) is 0 Å². The highest BCUT2D eigenvalue weighted by Gasteiger charge is 2.15. The predicted octanol–water partition coefficient (Wildman–Crippen LogP) is 1.88. The molecule has 0 saturated carbocycles. The monoisotopic (exact) mass is 536 g/mol. The van der Waals surface area contributed by atoms with Crippen molar-refractivity contribution >= 4 is 18.3 Å². The third-order valence-corrected chi connectivity index (χ3v) is 6.08. The molecule has 0 atom stereocenters. The largest absolute Gasteiger partial charge is 0.453 e. The third kappa shape index (κ3) is 12.6. The summed E-state index contributed by atoms with van der Waals surface area (Å²) in [7, 11) is 1.30. The second-order valence-corrected chi connectivity index (χ2v) is 8.91. The first-order chi connectivity index (χ1) is 18.5. The number of hydrogen-bond acceptors (Lipinski definition) is 9. The zero-order valence-corrected chi connectivity index (χ0v) is 22.3. The molecule has 0 aliphatic rings. The number of carbonyl (C=O) groups is 1. The zero-order chi connectivity index (χ0) is 28.0. The maximum Gasteiger partial charge on any atom is 0.406 e. The van der Waals surface area contributed by atoms with Crippen LogP contribution in [0.2, 0.25) is 0 Å². The quantitative estimate of drug-likeness (QED) is 0.142. The van der Waals surface area contributed by atoms with Crippen molar-refractivity contribution in [1.29, 1.82) is 0 Å². The number of amides is 1. The van der Waals surface area contributed by atoms with Crippen molar-refractivity contribution in [3.8, 4) is 0 Å². The molecular weight excluding hydrogens is 496 g/mol. The van der Waals surface area contributed by atoms with E-state index in [-0.39, 0.29) is 19.6 Å². The van der Waals surface area contributed by atoms with Crippen molar-refractivity contribution in [2.45, 2.75) is 96.7 Å². The Morgan fingerprint density at radius 2 is 1.03 bits per heavy atom. The lowest BCUT2D eigenvalue weighted by Gasteiger charge is -2.14. The lowest BCUT2D eigenvalue weighted by molar-refractivity contribution is 0.171. The van der Waals surface area contributed by atoms with Gasteiger partial charge in [0.05, 0.1) is 20.2 Å². The van der Waals surface area contributed by atoms with Gasteiger partial charge in [0, 0.05) is 26.2 Å². The summed E-state index contributed by atoms with van der Waals surface area (Å²) in [6, 6.07) is 0. The van der Waals surface area contributed by atoms with Crippen LogP contribution in [0, 0.1) is 0 Å². The molecule has 1 heterocycles. The standard InChI is InChI=1S/C25H40N6O7/c1-38-22(34)28-16-10-4-7-13-19-31-24(36)29(17-11-5-2-8-14-26-20-32)23(35)30(25(31)37)18-12-6-3-9-15-27-21-33/h2-19H2,1H3,(H,28,34). The van der Waals surface area contributed by atoms with E-state index in [0.717, 1.165) is 71.5 Å². The van der Waals surface area contributed by atoms with Crippen LogP contribution < -0.4 is 22.4 Å². The number of nitrogens with one attached hydrogen (secondary N) is 1. The van der Waals surface area contributed by atoms with Gasteiger partial charge in [-0.3, -0.25) is 0 Å². The van der Waals surface area contributed by atoms with Crippen LogP contribution in [0.3, 0.4) is 0 Å². The number of aliphatic imine (C=N–C) groups is 2. The Morgan fingerprint density at radius 3 is 1.39 bits per heavy atom. The molecule has 0 aliphatic heterocycles. The molecule has 1 aromatic heterocycles. The Hall–Kier alpha value is -3.56. The van der Waals surface area contributed by atoms with Crippen molar-refractivity contribution in [2.24, 2.45) is 9.98 Å². The molecule has 0 aliphatic carbocycles. The van der Waals surface area contributed by atoms with E-state index in [1.807, 2.05) is 0 Å². The maximum absolute atomic E-state index is 13.1. The van der Waals surface area contributed by atoms with Gasteiger partial charge in [0.2, 0.25) is 12.2 Å². The number of aromatic nitrogens is 3. The highest BCUT2D eigenvalue weighted by atomic mass is 16.5. The number of rotatable bonds is 21. The Labute approximate surface area is 221 Å². The number of carbonyl (C=O) groups excluding carboxylic acids is 3. The zero-order valence-electron chi connectivity index (χ0n) is 22.3. The molecule has 0 radical (unpaired) electrons. The molecule has 1 aromatic rings. The highest BCUT2D eigenvalue weighted by molar-refractivity contribution is 5.66. The average molecular weight is 537 g/mol. The molecule has 13 heteroatoms. The molecular formula is C25H40N6O7. The molecule has 0 fully saturated rings. The van der Waals surface area contributed by atoms with Crippen LogP contribution in [0.25, 0.3) is 0 Å². The number of hydrogen-bond donors (Lipinski definition) is 1. The molecule has 0 bridgehead atoms. The summed E-state index contributed by atoms with van der Waals surface area (Å²) >= 11 is 0. The number of unbranched alkanes of at least 4 members (excludes halogenated alkanes) is 9. The number of alkyl carbamates (subject to hydrolysis) is 1. The SMILES string of the molecule is COC(=O)NCCCCCCn1c(=O)n(CCCCCCN=C=O)c(=O)n(CCCCCCN=C=O)c1=O. The Balaban J connectivity index is 2.84. The van der Waals surface area contributed by atoms with Crippen LogP contribution in [-0.2, 0) is 34.0 Å². The maximum atomic E-state index is 13.1. The summed E-state index contributed by atoms with van der Waals surface area (Å²) in [5, 5.41) is 2.61. The van der Waals surface area contributed by atoms with Crippen LogP contribution in [0.15, 0.2) is 24.4 Å².